The summed E-state index contributed by atoms with van der Waals surface area (Å²) >= 11 is 0. The second kappa shape index (κ2) is 6.73. The van der Waals surface area contributed by atoms with Gasteiger partial charge in [-0.15, -0.1) is 0 Å². The SMILES string of the molecule is Nc1cccc(Oc2cccc(CC(F)(F)C(F)(F)C(F)F)c2)c1N. The van der Waals surface area contributed by atoms with Crippen LogP contribution in [0.25, 0.3) is 0 Å². The lowest BCUT2D eigenvalue weighted by Crippen LogP contribution is -2.47. The Morgan fingerprint density at radius 1 is 0.960 bits per heavy atom. The molecule has 0 aliphatic rings. The largest absolute Gasteiger partial charge is 0.455 e. The van der Waals surface area contributed by atoms with Gasteiger partial charge in [-0.2, -0.15) is 17.6 Å². The van der Waals surface area contributed by atoms with Gasteiger partial charge >= 0.3 is 18.3 Å². The fourth-order valence-corrected chi connectivity index (χ4v) is 2.03. The second-order valence-corrected chi connectivity index (χ2v) is 5.31. The molecule has 3 nitrogen and oxygen atoms in total. The number of para-hydroxylation sites is 1. The van der Waals surface area contributed by atoms with Crippen LogP contribution in [-0.2, 0) is 6.42 Å². The van der Waals surface area contributed by atoms with Crippen molar-refractivity contribution in [3.63, 3.8) is 0 Å². The molecule has 0 saturated heterocycles. The van der Waals surface area contributed by atoms with Crippen LogP contribution in [0.4, 0.5) is 37.7 Å². The average Bonchev–Trinajstić information content (AvgIpc) is 2.51. The van der Waals surface area contributed by atoms with Crippen LogP contribution in [0, 0.1) is 0 Å². The van der Waals surface area contributed by atoms with Gasteiger partial charge in [0.05, 0.1) is 11.4 Å². The van der Waals surface area contributed by atoms with E-state index >= 15 is 0 Å². The minimum absolute atomic E-state index is 0.0194. The van der Waals surface area contributed by atoms with E-state index in [-0.39, 0.29) is 28.4 Å². The van der Waals surface area contributed by atoms with Crippen molar-refractivity contribution >= 4 is 11.4 Å². The van der Waals surface area contributed by atoms with Gasteiger partial charge in [-0.25, -0.2) is 8.78 Å². The number of benzene rings is 2. The Kier molecular flexibility index (Phi) is 5.05. The number of halogens is 6. The fourth-order valence-electron chi connectivity index (χ4n) is 2.03. The van der Waals surface area contributed by atoms with Crippen LogP contribution in [0.3, 0.4) is 0 Å². The zero-order valence-corrected chi connectivity index (χ0v) is 12.7. The van der Waals surface area contributed by atoms with Crippen molar-refractivity contribution in [2.45, 2.75) is 24.7 Å². The van der Waals surface area contributed by atoms with Gasteiger partial charge in [-0.1, -0.05) is 18.2 Å². The van der Waals surface area contributed by atoms with E-state index in [1.165, 1.54) is 24.3 Å². The third-order valence-corrected chi connectivity index (χ3v) is 3.41. The molecule has 0 amide bonds. The lowest BCUT2D eigenvalue weighted by Gasteiger charge is -2.25. The molecule has 9 heteroatoms. The van der Waals surface area contributed by atoms with E-state index in [2.05, 4.69) is 0 Å². The quantitative estimate of drug-likeness (QED) is 0.576. The zero-order chi connectivity index (χ0) is 18.8. The Morgan fingerprint density at radius 3 is 2.24 bits per heavy atom. The van der Waals surface area contributed by atoms with Crippen molar-refractivity contribution in [3.8, 4) is 11.5 Å². The Bertz CT molecular complexity index is 751. The Labute approximate surface area is 139 Å². The topological polar surface area (TPSA) is 61.3 Å². The first-order chi connectivity index (χ1) is 11.5. The third kappa shape index (κ3) is 3.92. The molecule has 0 spiro atoms. The number of anilines is 2. The summed E-state index contributed by atoms with van der Waals surface area (Å²) in [4.78, 5) is 0. The van der Waals surface area contributed by atoms with Gasteiger partial charge in [-0.05, 0) is 29.8 Å². The number of hydrogen-bond acceptors (Lipinski definition) is 3. The molecule has 0 aromatic heterocycles. The van der Waals surface area contributed by atoms with Gasteiger partial charge < -0.3 is 16.2 Å². The fraction of sp³-hybridized carbons (Fsp3) is 0.250. The molecule has 0 aliphatic heterocycles. The molecular formula is C16H14F6N2O. The first-order valence-corrected chi connectivity index (χ1v) is 6.99. The standard InChI is InChI=1S/C16H14F6N2O/c17-14(18)16(21,22)15(19,20)8-9-3-1-4-10(7-9)25-12-6-2-5-11(23)13(12)24/h1-7,14H,8,23-24H2. The van der Waals surface area contributed by atoms with Crippen LogP contribution in [0.15, 0.2) is 42.5 Å². The highest BCUT2D eigenvalue weighted by Crippen LogP contribution is 2.41. The number of nitrogens with two attached hydrogens (primary N) is 2. The molecular weight excluding hydrogens is 350 g/mol. The van der Waals surface area contributed by atoms with Gasteiger partial charge in [0.15, 0.2) is 5.75 Å². The number of nitrogen functional groups attached to an aromatic ring is 2. The summed E-state index contributed by atoms with van der Waals surface area (Å²) in [6, 6.07) is 9.31. The van der Waals surface area contributed by atoms with Crippen molar-refractivity contribution in [2.24, 2.45) is 0 Å². The van der Waals surface area contributed by atoms with E-state index in [9.17, 15) is 26.3 Å². The highest BCUT2D eigenvalue weighted by atomic mass is 19.3. The molecule has 2 rings (SSSR count). The number of alkyl halides is 6. The van der Waals surface area contributed by atoms with Crippen molar-refractivity contribution in [3.05, 3.63) is 48.0 Å². The van der Waals surface area contributed by atoms with Crippen molar-refractivity contribution in [1.29, 1.82) is 0 Å². The van der Waals surface area contributed by atoms with Crippen LogP contribution >= 0.6 is 0 Å². The maximum atomic E-state index is 13.5. The van der Waals surface area contributed by atoms with Crippen LogP contribution in [0.1, 0.15) is 5.56 Å². The number of rotatable bonds is 6. The van der Waals surface area contributed by atoms with Gasteiger partial charge in [0, 0.05) is 6.42 Å². The first kappa shape index (κ1) is 18.8. The number of hydrogen-bond donors (Lipinski definition) is 2. The van der Waals surface area contributed by atoms with Crippen LogP contribution in [0.2, 0.25) is 0 Å². The van der Waals surface area contributed by atoms with Gasteiger partial charge in [0.2, 0.25) is 0 Å². The lowest BCUT2D eigenvalue weighted by molar-refractivity contribution is -0.262. The minimum Gasteiger partial charge on any atom is -0.455 e. The summed E-state index contributed by atoms with van der Waals surface area (Å²) in [5.41, 5.74) is 11.4. The monoisotopic (exact) mass is 364 g/mol. The molecule has 0 aliphatic carbocycles. The van der Waals surface area contributed by atoms with E-state index in [1.54, 1.807) is 6.07 Å². The van der Waals surface area contributed by atoms with Crippen LogP contribution < -0.4 is 16.2 Å². The van der Waals surface area contributed by atoms with Crippen LogP contribution in [0.5, 0.6) is 11.5 Å². The van der Waals surface area contributed by atoms with Gasteiger partial charge in [-0.3, -0.25) is 0 Å². The Hall–Kier alpha value is -2.58. The normalized spacial score (nSPS) is 12.4. The highest BCUT2D eigenvalue weighted by molar-refractivity contribution is 5.71. The minimum atomic E-state index is -5.44. The average molecular weight is 364 g/mol. The molecule has 0 bridgehead atoms. The van der Waals surface area contributed by atoms with Gasteiger partial charge in [0.25, 0.3) is 0 Å². The highest BCUT2D eigenvalue weighted by Gasteiger charge is 2.62. The molecule has 25 heavy (non-hydrogen) atoms. The van der Waals surface area contributed by atoms with E-state index in [1.807, 2.05) is 0 Å². The lowest BCUT2D eigenvalue weighted by atomic mass is 10.0. The molecule has 0 heterocycles. The maximum absolute atomic E-state index is 13.5. The molecule has 0 unspecified atom stereocenters. The first-order valence-electron chi connectivity index (χ1n) is 6.99. The summed E-state index contributed by atoms with van der Waals surface area (Å²) in [7, 11) is 0. The Balaban J connectivity index is 2.23. The maximum Gasteiger partial charge on any atom is 0.369 e. The molecule has 136 valence electrons. The van der Waals surface area contributed by atoms with E-state index in [0.29, 0.717) is 0 Å². The van der Waals surface area contributed by atoms with E-state index in [4.69, 9.17) is 16.2 Å². The summed E-state index contributed by atoms with van der Waals surface area (Å²) in [6.45, 7) is 0. The van der Waals surface area contributed by atoms with Crippen molar-refractivity contribution < 1.29 is 31.1 Å². The molecule has 2 aromatic rings. The Morgan fingerprint density at radius 2 is 1.60 bits per heavy atom. The molecule has 0 radical (unpaired) electrons. The molecule has 0 saturated carbocycles. The molecule has 2 aromatic carbocycles. The predicted octanol–water partition coefficient (Wildman–Crippen LogP) is 4.72. The summed E-state index contributed by atoms with van der Waals surface area (Å²) in [5.74, 6) is -10.2. The molecule has 0 fully saturated rings. The molecule has 0 atom stereocenters. The predicted molar refractivity (Wildman–Crippen MR) is 81.4 cm³/mol. The zero-order valence-electron chi connectivity index (χ0n) is 12.7. The second-order valence-electron chi connectivity index (χ2n) is 5.31. The third-order valence-electron chi connectivity index (χ3n) is 3.41. The summed E-state index contributed by atoms with van der Waals surface area (Å²) < 4.78 is 82.8. The molecule has 4 N–H and O–H groups in total. The summed E-state index contributed by atoms with van der Waals surface area (Å²) in [5, 5.41) is 0. The number of ether oxygens (including phenoxy) is 1. The van der Waals surface area contributed by atoms with Crippen LogP contribution in [-0.4, -0.2) is 18.3 Å². The van der Waals surface area contributed by atoms with Crippen molar-refractivity contribution in [1.82, 2.24) is 0 Å². The van der Waals surface area contributed by atoms with Crippen molar-refractivity contribution in [2.75, 3.05) is 11.5 Å². The smallest absolute Gasteiger partial charge is 0.369 e. The van der Waals surface area contributed by atoms with E-state index in [0.717, 1.165) is 12.1 Å². The van der Waals surface area contributed by atoms with Gasteiger partial charge in [0.1, 0.15) is 5.75 Å². The van der Waals surface area contributed by atoms with E-state index < -0.39 is 24.7 Å². The summed E-state index contributed by atoms with van der Waals surface area (Å²) in [6.07, 6.45) is -6.05.